The summed E-state index contributed by atoms with van der Waals surface area (Å²) in [5.41, 5.74) is 6.56. The molecule has 0 unspecified atom stereocenters. The standard InChI is InChI=1S/C13H13N3O/c1-2-5-10-6-3-4-7-11(10)17-13-8-12(14)15-9-16-13/h2-9H,1H3,(H2,14,15,16)/b5-2+. The second-order valence-corrected chi connectivity index (χ2v) is 3.42. The van der Waals surface area contributed by atoms with Gasteiger partial charge in [-0.1, -0.05) is 30.4 Å². The van der Waals surface area contributed by atoms with E-state index in [2.05, 4.69) is 9.97 Å². The molecule has 0 aliphatic heterocycles. The summed E-state index contributed by atoms with van der Waals surface area (Å²) in [6, 6.07) is 9.31. The van der Waals surface area contributed by atoms with Crippen molar-refractivity contribution in [1.29, 1.82) is 0 Å². The summed E-state index contributed by atoms with van der Waals surface area (Å²) < 4.78 is 5.66. The number of rotatable bonds is 3. The zero-order chi connectivity index (χ0) is 12.1. The fourth-order valence-corrected chi connectivity index (χ4v) is 1.41. The van der Waals surface area contributed by atoms with Crippen molar-refractivity contribution in [3.63, 3.8) is 0 Å². The molecule has 1 aromatic heterocycles. The summed E-state index contributed by atoms with van der Waals surface area (Å²) >= 11 is 0. The van der Waals surface area contributed by atoms with E-state index in [0.717, 1.165) is 11.3 Å². The van der Waals surface area contributed by atoms with Gasteiger partial charge in [0, 0.05) is 11.6 Å². The van der Waals surface area contributed by atoms with E-state index in [4.69, 9.17) is 10.5 Å². The molecule has 0 radical (unpaired) electrons. The van der Waals surface area contributed by atoms with Crippen LogP contribution in [0.5, 0.6) is 11.6 Å². The molecule has 0 bridgehead atoms. The van der Waals surface area contributed by atoms with Gasteiger partial charge in [0.2, 0.25) is 5.88 Å². The van der Waals surface area contributed by atoms with Crippen molar-refractivity contribution >= 4 is 11.9 Å². The third kappa shape index (κ3) is 2.81. The van der Waals surface area contributed by atoms with Gasteiger partial charge in [-0.05, 0) is 13.0 Å². The van der Waals surface area contributed by atoms with Crippen LogP contribution in [0.15, 0.2) is 42.7 Å². The van der Waals surface area contributed by atoms with Gasteiger partial charge >= 0.3 is 0 Å². The highest BCUT2D eigenvalue weighted by Crippen LogP contribution is 2.25. The minimum atomic E-state index is 0.388. The number of aromatic nitrogens is 2. The second-order valence-electron chi connectivity index (χ2n) is 3.42. The SMILES string of the molecule is C/C=C/c1ccccc1Oc1cc(N)ncn1. The zero-order valence-corrected chi connectivity index (χ0v) is 9.50. The Labute approximate surface area is 99.8 Å². The minimum Gasteiger partial charge on any atom is -0.438 e. The Kier molecular flexibility index (Phi) is 3.35. The summed E-state index contributed by atoms with van der Waals surface area (Å²) in [7, 11) is 0. The average Bonchev–Trinajstić information content (AvgIpc) is 2.32. The van der Waals surface area contributed by atoms with Crippen molar-refractivity contribution in [2.45, 2.75) is 6.92 Å². The molecule has 2 rings (SSSR count). The molecule has 17 heavy (non-hydrogen) atoms. The molecule has 0 atom stereocenters. The normalized spacial score (nSPS) is 10.6. The number of hydrogen-bond acceptors (Lipinski definition) is 4. The Bertz CT molecular complexity index is 538. The number of nitrogens with two attached hydrogens (primary N) is 1. The van der Waals surface area contributed by atoms with Crippen molar-refractivity contribution < 1.29 is 4.74 Å². The fraction of sp³-hybridized carbons (Fsp3) is 0.0769. The molecule has 1 heterocycles. The predicted molar refractivity (Wildman–Crippen MR) is 67.7 cm³/mol. The van der Waals surface area contributed by atoms with E-state index in [1.807, 2.05) is 43.3 Å². The molecular weight excluding hydrogens is 214 g/mol. The quantitative estimate of drug-likeness (QED) is 0.875. The van der Waals surface area contributed by atoms with Crippen LogP contribution in [0.1, 0.15) is 12.5 Å². The number of allylic oxidation sites excluding steroid dienone is 1. The molecule has 1 aromatic carbocycles. The topological polar surface area (TPSA) is 61.0 Å². The number of anilines is 1. The summed E-state index contributed by atoms with van der Waals surface area (Å²) in [4.78, 5) is 7.81. The highest BCUT2D eigenvalue weighted by molar-refractivity contribution is 5.57. The first-order chi connectivity index (χ1) is 8.29. The van der Waals surface area contributed by atoms with Gasteiger partial charge in [-0.2, -0.15) is 0 Å². The summed E-state index contributed by atoms with van der Waals surface area (Å²) in [6.07, 6.45) is 5.30. The van der Waals surface area contributed by atoms with E-state index >= 15 is 0 Å². The van der Waals surface area contributed by atoms with Crippen LogP contribution in [-0.2, 0) is 0 Å². The molecule has 0 aliphatic rings. The maximum atomic E-state index is 5.66. The van der Waals surface area contributed by atoms with Crippen LogP contribution in [-0.4, -0.2) is 9.97 Å². The van der Waals surface area contributed by atoms with Crippen molar-refractivity contribution in [1.82, 2.24) is 9.97 Å². The number of nitrogen functional groups attached to an aromatic ring is 1. The molecule has 2 N–H and O–H groups in total. The van der Waals surface area contributed by atoms with Crippen LogP contribution in [0.2, 0.25) is 0 Å². The Morgan fingerprint density at radius 1 is 1.24 bits per heavy atom. The van der Waals surface area contributed by atoms with Gasteiger partial charge in [-0.15, -0.1) is 0 Å². The minimum absolute atomic E-state index is 0.388. The molecule has 0 amide bonds. The highest BCUT2D eigenvalue weighted by atomic mass is 16.5. The maximum absolute atomic E-state index is 5.66. The van der Waals surface area contributed by atoms with Gasteiger partial charge in [-0.25, -0.2) is 9.97 Å². The number of nitrogens with zero attached hydrogens (tertiary/aromatic N) is 2. The average molecular weight is 227 g/mol. The van der Waals surface area contributed by atoms with Crippen LogP contribution in [0.3, 0.4) is 0 Å². The molecule has 4 nitrogen and oxygen atoms in total. The van der Waals surface area contributed by atoms with Crippen LogP contribution in [0.25, 0.3) is 6.08 Å². The first-order valence-corrected chi connectivity index (χ1v) is 5.26. The second kappa shape index (κ2) is 5.12. The Hall–Kier alpha value is -2.36. The molecule has 4 heteroatoms. The smallest absolute Gasteiger partial charge is 0.224 e. The molecule has 2 aromatic rings. The van der Waals surface area contributed by atoms with Gasteiger partial charge < -0.3 is 10.5 Å². The van der Waals surface area contributed by atoms with E-state index < -0.39 is 0 Å². The van der Waals surface area contributed by atoms with Crippen molar-refractivity contribution in [2.24, 2.45) is 0 Å². The van der Waals surface area contributed by atoms with Crippen molar-refractivity contribution in [3.8, 4) is 11.6 Å². The van der Waals surface area contributed by atoms with Gasteiger partial charge in [-0.3, -0.25) is 0 Å². The van der Waals surface area contributed by atoms with Gasteiger partial charge in [0.1, 0.15) is 17.9 Å². The Morgan fingerprint density at radius 3 is 2.82 bits per heavy atom. The first-order valence-electron chi connectivity index (χ1n) is 5.26. The van der Waals surface area contributed by atoms with Crippen LogP contribution in [0, 0.1) is 0 Å². The molecule has 0 fully saturated rings. The summed E-state index contributed by atoms with van der Waals surface area (Å²) in [6.45, 7) is 1.96. The Morgan fingerprint density at radius 2 is 2.06 bits per heavy atom. The largest absolute Gasteiger partial charge is 0.438 e. The number of para-hydroxylation sites is 1. The highest BCUT2D eigenvalue weighted by Gasteiger charge is 2.03. The van der Waals surface area contributed by atoms with E-state index in [-0.39, 0.29) is 0 Å². The molecule has 86 valence electrons. The van der Waals surface area contributed by atoms with Crippen LogP contribution in [0.4, 0.5) is 5.82 Å². The lowest BCUT2D eigenvalue weighted by atomic mass is 10.2. The monoisotopic (exact) mass is 227 g/mol. The van der Waals surface area contributed by atoms with Gasteiger partial charge in [0.05, 0.1) is 0 Å². The van der Waals surface area contributed by atoms with Crippen molar-refractivity contribution in [3.05, 3.63) is 48.3 Å². The molecule has 0 aliphatic carbocycles. The van der Waals surface area contributed by atoms with E-state index in [0.29, 0.717) is 11.7 Å². The lowest BCUT2D eigenvalue weighted by Gasteiger charge is -2.07. The van der Waals surface area contributed by atoms with E-state index in [1.54, 1.807) is 6.07 Å². The lowest BCUT2D eigenvalue weighted by Crippen LogP contribution is -1.94. The van der Waals surface area contributed by atoms with E-state index in [9.17, 15) is 0 Å². The Balaban J connectivity index is 2.29. The third-order valence-corrected chi connectivity index (χ3v) is 2.14. The van der Waals surface area contributed by atoms with Crippen molar-refractivity contribution in [2.75, 3.05) is 5.73 Å². The summed E-state index contributed by atoms with van der Waals surface area (Å²) in [5, 5.41) is 0. The van der Waals surface area contributed by atoms with E-state index in [1.165, 1.54) is 6.33 Å². The fourth-order valence-electron chi connectivity index (χ4n) is 1.41. The summed E-state index contributed by atoms with van der Waals surface area (Å²) in [5.74, 6) is 1.57. The van der Waals surface area contributed by atoms with Gasteiger partial charge in [0.15, 0.2) is 0 Å². The van der Waals surface area contributed by atoms with Crippen LogP contribution < -0.4 is 10.5 Å². The third-order valence-electron chi connectivity index (χ3n) is 2.14. The predicted octanol–water partition coefficient (Wildman–Crippen LogP) is 2.88. The molecular formula is C13H13N3O. The lowest BCUT2D eigenvalue weighted by molar-refractivity contribution is 0.461. The maximum Gasteiger partial charge on any atom is 0.224 e. The molecule has 0 spiro atoms. The van der Waals surface area contributed by atoms with Crippen LogP contribution >= 0.6 is 0 Å². The molecule has 0 saturated carbocycles. The number of benzene rings is 1. The molecule has 0 saturated heterocycles. The number of hydrogen-bond donors (Lipinski definition) is 1. The zero-order valence-electron chi connectivity index (χ0n) is 9.50. The first kappa shape index (κ1) is 11.1. The number of ether oxygens (including phenoxy) is 1. The van der Waals surface area contributed by atoms with Gasteiger partial charge in [0.25, 0.3) is 0 Å².